The van der Waals surface area contributed by atoms with Gasteiger partial charge in [-0.1, -0.05) is 55.5 Å². The molecule has 0 spiro atoms. The Morgan fingerprint density at radius 2 is 1.13 bits per heavy atom. The number of aromatic nitrogens is 2. The molecule has 2 aromatic heterocycles. The van der Waals surface area contributed by atoms with Crippen LogP contribution >= 0.6 is 0 Å². The molecule has 0 saturated carbocycles. The first-order valence-electron chi connectivity index (χ1n) is 24.7. The van der Waals surface area contributed by atoms with E-state index >= 15 is 0 Å². The summed E-state index contributed by atoms with van der Waals surface area (Å²) in [5, 5.41) is 26.9. The monoisotopic (exact) mass is 929 g/mol. The zero-order chi connectivity index (χ0) is 48.2. The average molecular weight is 929 g/mol. The van der Waals surface area contributed by atoms with Crippen molar-refractivity contribution < 1.29 is 29.4 Å². The lowest BCUT2D eigenvalue weighted by Gasteiger charge is -2.36. The van der Waals surface area contributed by atoms with Gasteiger partial charge in [-0.3, -0.25) is 38.9 Å². The number of benzene rings is 2. The molecule has 2 fully saturated rings. The standard InChI is InChI=1S/2C27H36N4O3/c1-19-16-30(17-23-5-3-4-6-26(19)23)18-25(33)15-29-27(34)22-7-10-28-24(14-22)13-21-8-11-31(12-9-21)20(2)32;1-19-13-22-5-3-4-6-24(22)17-31(19)18-26(33)16-29-27(34)23-7-10-28-25(15-23)14-21-8-11-30(12-9-21)20(2)32/h3-7,10,14,19,21,25,33H,8-9,11-13,15-18H2,1-2H3,(H,29,34);3-7,10,15,19,21,26,33H,8-9,11-14,16-18H2,1-2H3,(H,29,34)/t19?,25-;19?,26-/m00/s1. The fourth-order valence-corrected chi connectivity index (χ4v) is 10.3. The second kappa shape index (κ2) is 24.1. The van der Waals surface area contributed by atoms with Gasteiger partial charge in [0.05, 0.1) is 12.2 Å². The molecule has 4 aliphatic rings. The summed E-state index contributed by atoms with van der Waals surface area (Å²) < 4.78 is 0. The number of nitrogens with one attached hydrogen (secondary N) is 2. The van der Waals surface area contributed by atoms with Crippen molar-refractivity contribution in [2.24, 2.45) is 11.8 Å². The lowest BCUT2D eigenvalue weighted by Crippen LogP contribution is -2.45. The predicted molar refractivity (Wildman–Crippen MR) is 263 cm³/mol. The van der Waals surface area contributed by atoms with Gasteiger partial charge in [0.1, 0.15) is 0 Å². The van der Waals surface area contributed by atoms with Gasteiger partial charge in [-0.05, 0) is 116 Å². The summed E-state index contributed by atoms with van der Waals surface area (Å²) in [6, 6.07) is 24.4. The van der Waals surface area contributed by atoms with Crippen molar-refractivity contribution in [3.05, 3.63) is 130 Å². The molecule has 4 amide bonds. The fourth-order valence-electron chi connectivity index (χ4n) is 10.3. The first kappa shape index (κ1) is 50.3. The Balaban J connectivity index is 0.000000201. The highest BCUT2D eigenvalue weighted by atomic mass is 16.3. The Kier molecular flexibility index (Phi) is 17.9. The van der Waals surface area contributed by atoms with Gasteiger partial charge >= 0.3 is 0 Å². The Hall–Kier alpha value is -5.54. The van der Waals surface area contributed by atoms with Crippen LogP contribution in [0, 0.1) is 11.8 Å². The maximum Gasteiger partial charge on any atom is 0.251 e. The van der Waals surface area contributed by atoms with Crippen LogP contribution in [0.1, 0.15) is 114 Å². The SMILES string of the molecule is CC(=O)N1CCC(Cc2cc(C(=O)NC[C@H](O)CN3Cc4ccccc4C(C)C3)ccn2)CC1.CC(=O)N1CCC(Cc2cc(C(=O)NC[C@H](O)CN3Cc4ccccc4CC3C)ccn2)CC1. The van der Waals surface area contributed by atoms with Crippen molar-refractivity contribution in [2.75, 3.05) is 58.9 Å². The summed E-state index contributed by atoms with van der Waals surface area (Å²) in [6.45, 7) is 14.8. The van der Waals surface area contributed by atoms with E-state index in [0.29, 0.717) is 48.0 Å². The Labute approximate surface area is 402 Å². The number of likely N-dealkylation sites (tertiary alicyclic amines) is 2. The van der Waals surface area contributed by atoms with Crippen LogP contribution in [-0.2, 0) is 41.9 Å². The van der Waals surface area contributed by atoms with Gasteiger partial charge in [-0.2, -0.15) is 0 Å². The van der Waals surface area contributed by atoms with Crippen LogP contribution in [0.25, 0.3) is 0 Å². The number of aliphatic hydroxyl groups excluding tert-OH is 2. The molecule has 0 radical (unpaired) electrons. The minimum atomic E-state index is -0.635. The van der Waals surface area contributed by atoms with Crippen LogP contribution in [0.3, 0.4) is 0 Å². The molecule has 6 heterocycles. The zero-order valence-corrected chi connectivity index (χ0v) is 40.5. The first-order valence-corrected chi connectivity index (χ1v) is 24.7. The average Bonchev–Trinajstić information content (AvgIpc) is 3.33. The van der Waals surface area contributed by atoms with E-state index in [1.165, 1.54) is 22.3 Å². The van der Waals surface area contributed by atoms with E-state index < -0.39 is 12.2 Å². The minimum Gasteiger partial charge on any atom is -0.390 e. The molecule has 4 atom stereocenters. The van der Waals surface area contributed by atoms with Crippen LogP contribution in [0.5, 0.6) is 0 Å². The van der Waals surface area contributed by atoms with Crippen molar-refractivity contribution >= 4 is 23.6 Å². The summed E-state index contributed by atoms with van der Waals surface area (Å²) in [7, 11) is 0. The molecule has 68 heavy (non-hydrogen) atoms. The van der Waals surface area contributed by atoms with Gasteiger partial charge in [0, 0.05) is 127 Å². The summed E-state index contributed by atoms with van der Waals surface area (Å²) >= 11 is 0. The molecule has 364 valence electrons. The van der Waals surface area contributed by atoms with E-state index in [2.05, 4.69) is 92.8 Å². The molecule has 4 aromatic rings. The highest BCUT2D eigenvalue weighted by Crippen LogP contribution is 2.28. The topological polar surface area (TPSA) is 172 Å². The third-order valence-electron chi connectivity index (χ3n) is 14.3. The molecule has 2 unspecified atom stereocenters. The van der Waals surface area contributed by atoms with E-state index in [0.717, 1.165) is 102 Å². The normalized spacial score (nSPS) is 20.0. The number of aliphatic hydroxyl groups is 2. The molecule has 14 heteroatoms. The number of β-amino-alcohol motifs (C(OH)–C–C–N with tert-alkyl or cyclic N) is 2. The number of fused-ring (bicyclic) bond motifs is 2. The van der Waals surface area contributed by atoms with Crippen molar-refractivity contribution in [3.63, 3.8) is 0 Å². The molecule has 0 bridgehead atoms. The molecular weight excluding hydrogens is 857 g/mol. The Bertz CT molecular complexity index is 2330. The van der Waals surface area contributed by atoms with Crippen molar-refractivity contribution in [3.8, 4) is 0 Å². The summed E-state index contributed by atoms with van der Waals surface area (Å²) in [5.74, 6) is 1.27. The van der Waals surface area contributed by atoms with Gasteiger partial charge in [0.15, 0.2) is 0 Å². The predicted octanol–water partition coefficient (Wildman–Crippen LogP) is 5.01. The number of hydrogen-bond donors (Lipinski definition) is 4. The maximum atomic E-state index is 12.7. The number of hydrogen-bond acceptors (Lipinski definition) is 10. The smallest absolute Gasteiger partial charge is 0.251 e. The fraction of sp³-hybridized carbons (Fsp3) is 0.519. The highest BCUT2D eigenvalue weighted by Gasteiger charge is 2.27. The van der Waals surface area contributed by atoms with Crippen LogP contribution < -0.4 is 10.6 Å². The molecular formula is C54H72N8O6. The molecule has 4 aliphatic heterocycles. The molecule has 2 saturated heterocycles. The van der Waals surface area contributed by atoms with Gasteiger partial charge in [0.25, 0.3) is 11.8 Å². The van der Waals surface area contributed by atoms with Crippen LogP contribution in [0.15, 0.2) is 85.2 Å². The quantitative estimate of drug-likeness (QED) is 0.135. The number of carbonyl (C=O) groups is 4. The Morgan fingerprint density at radius 1 is 0.647 bits per heavy atom. The summed E-state index contributed by atoms with van der Waals surface area (Å²) in [5.41, 5.74) is 8.33. The lowest BCUT2D eigenvalue weighted by molar-refractivity contribution is -0.131. The van der Waals surface area contributed by atoms with Crippen LogP contribution in [0.4, 0.5) is 0 Å². The summed E-state index contributed by atoms with van der Waals surface area (Å²) in [4.78, 5) is 65.7. The van der Waals surface area contributed by atoms with Gasteiger partial charge in [0.2, 0.25) is 11.8 Å². The van der Waals surface area contributed by atoms with E-state index in [-0.39, 0.29) is 36.7 Å². The number of pyridine rings is 2. The number of nitrogens with zero attached hydrogens (tertiary/aromatic N) is 6. The number of piperidine rings is 2. The van der Waals surface area contributed by atoms with Crippen molar-refractivity contribution in [1.29, 1.82) is 0 Å². The zero-order valence-electron chi connectivity index (χ0n) is 40.5. The molecule has 8 rings (SSSR count). The maximum absolute atomic E-state index is 12.7. The van der Waals surface area contributed by atoms with Crippen LogP contribution in [-0.4, -0.2) is 141 Å². The van der Waals surface area contributed by atoms with Gasteiger partial charge < -0.3 is 30.6 Å². The molecule has 0 aliphatic carbocycles. The molecule has 2 aromatic carbocycles. The second-order valence-electron chi connectivity index (χ2n) is 19.7. The minimum absolute atomic E-state index is 0.136. The second-order valence-corrected chi connectivity index (χ2v) is 19.7. The van der Waals surface area contributed by atoms with Gasteiger partial charge in [-0.15, -0.1) is 0 Å². The number of rotatable bonds is 14. The van der Waals surface area contributed by atoms with E-state index in [1.807, 2.05) is 21.9 Å². The van der Waals surface area contributed by atoms with E-state index in [4.69, 9.17) is 0 Å². The Morgan fingerprint density at radius 3 is 1.66 bits per heavy atom. The largest absolute Gasteiger partial charge is 0.390 e. The van der Waals surface area contributed by atoms with Crippen molar-refractivity contribution in [1.82, 2.24) is 40.2 Å². The summed E-state index contributed by atoms with van der Waals surface area (Å²) in [6.07, 6.45) is 8.53. The number of amides is 4. The van der Waals surface area contributed by atoms with Gasteiger partial charge in [-0.25, -0.2) is 0 Å². The number of carbonyl (C=O) groups excluding carboxylic acids is 4. The van der Waals surface area contributed by atoms with E-state index in [1.54, 1.807) is 38.4 Å². The third-order valence-corrected chi connectivity index (χ3v) is 14.3. The first-order chi connectivity index (χ1) is 32.8. The lowest BCUT2D eigenvalue weighted by atomic mass is 9.91. The highest BCUT2D eigenvalue weighted by molar-refractivity contribution is 5.94. The third kappa shape index (κ3) is 14.3. The van der Waals surface area contributed by atoms with Crippen molar-refractivity contribution in [2.45, 2.75) is 110 Å². The molecule has 14 nitrogen and oxygen atoms in total. The molecule has 4 N–H and O–H groups in total. The van der Waals surface area contributed by atoms with Crippen LogP contribution in [0.2, 0.25) is 0 Å². The van der Waals surface area contributed by atoms with E-state index in [9.17, 15) is 29.4 Å².